The molecule has 0 aliphatic carbocycles. The number of carboxylic acid groups (broad SMARTS) is 1. The maximum absolute atomic E-state index is 13.4. The highest BCUT2D eigenvalue weighted by molar-refractivity contribution is 7.90. The lowest BCUT2D eigenvalue weighted by Crippen LogP contribution is -2.75. The minimum Gasteiger partial charge on any atom is -0.480 e. The van der Waals surface area contributed by atoms with E-state index in [2.05, 4.69) is 0 Å². The Morgan fingerprint density at radius 1 is 0.576 bits per heavy atom. The van der Waals surface area contributed by atoms with E-state index in [0.29, 0.717) is 0 Å². The number of sulfonamides is 1. The summed E-state index contributed by atoms with van der Waals surface area (Å²) in [6.07, 6.45) is -7.91. The van der Waals surface area contributed by atoms with Crippen LogP contribution in [-0.4, -0.2) is 73.0 Å². The first kappa shape index (κ1) is 31.2. The Morgan fingerprint density at radius 2 is 0.848 bits per heavy atom. The molecule has 0 aromatic heterocycles. The van der Waals surface area contributed by atoms with Crippen molar-refractivity contribution in [2.75, 3.05) is 6.54 Å². The third-order valence-electron chi connectivity index (χ3n) is 3.44. The molecule has 2 N–H and O–H groups in total. The second-order valence-electron chi connectivity index (χ2n) is 5.68. The predicted molar refractivity (Wildman–Crippen MR) is 65.2 cm³/mol. The summed E-state index contributed by atoms with van der Waals surface area (Å²) in [6.45, 7) is -2.36. The molecule has 0 aliphatic heterocycles. The van der Waals surface area contributed by atoms with Gasteiger partial charge in [-0.05, 0) is 0 Å². The van der Waals surface area contributed by atoms with Crippen molar-refractivity contribution >= 4 is 16.0 Å². The Bertz CT molecular complexity index is 862. The number of carboxylic acids is 1. The van der Waals surface area contributed by atoms with Gasteiger partial charge in [0.15, 0.2) is 0 Å². The molecule has 0 aliphatic rings. The van der Waals surface area contributed by atoms with Crippen LogP contribution in [0.25, 0.3) is 0 Å². The fourth-order valence-electron chi connectivity index (χ4n) is 1.57. The molecule has 0 radical (unpaired) electrons. The quantitative estimate of drug-likeness (QED) is 0.399. The van der Waals surface area contributed by atoms with E-state index in [1.807, 2.05) is 0 Å². The Hall–Kier alpha value is -1.81. The van der Waals surface area contributed by atoms with Gasteiger partial charge in [-0.1, -0.05) is 0 Å². The van der Waals surface area contributed by atoms with E-state index in [-0.39, 0.29) is 4.72 Å². The van der Waals surface area contributed by atoms with Crippen LogP contribution in [0.3, 0.4) is 0 Å². The van der Waals surface area contributed by atoms with Crippen molar-refractivity contribution in [3.63, 3.8) is 0 Å². The average Bonchev–Trinajstić information content (AvgIpc) is 2.57. The van der Waals surface area contributed by atoms with Gasteiger partial charge in [0.25, 0.3) is 10.0 Å². The zero-order chi connectivity index (χ0) is 27.5. The molecule has 0 aromatic rings. The van der Waals surface area contributed by atoms with Crippen LogP contribution in [0.1, 0.15) is 0 Å². The molecule has 0 saturated carbocycles. The summed E-state index contributed by atoms with van der Waals surface area (Å²) in [6, 6.07) is 0. The number of alkyl halides is 17. The number of nitrogens with one attached hydrogen (secondary N) is 1. The van der Waals surface area contributed by atoms with E-state index in [9.17, 15) is 87.8 Å². The average molecular weight is 557 g/mol. The molecule has 23 heteroatoms. The van der Waals surface area contributed by atoms with E-state index in [0.717, 1.165) is 0 Å². The van der Waals surface area contributed by atoms with Crippen molar-refractivity contribution < 1.29 is 93.0 Å². The highest BCUT2D eigenvalue weighted by Crippen LogP contribution is 2.64. The predicted octanol–water partition coefficient (Wildman–Crippen LogP) is 3.96. The second kappa shape index (κ2) is 7.86. The van der Waals surface area contributed by atoms with Gasteiger partial charge in [-0.25, -0.2) is 8.42 Å². The van der Waals surface area contributed by atoms with Gasteiger partial charge in [0.05, 0.1) is 0 Å². The molecule has 0 aromatic carbocycles. The molecule has 198 valence electrons. The van der Waals surface area contributed by atoms with Crippen molar-refractivity contribution in [3.05, 3.63) is 0 Å². The standard InChI is InChI=1S/C10H4F17NO4S/c11-3(12,5(15,16)7(19,20)9(23,24)25)4(13,14)6(17,18)8(21,22)10(26,27)33(31,32)28-1-2(29)30/h28H,1H2,(H,29,30). The molecule has 0 heterocycles. The van der Waals surface area contributed by atoms with Gasteiger partial charge in [-0.2, -0.15) is 79.4 Å². The summed E-state index contributed by atoms with van der Waals surface area (Å²) < 4.78 is 242. The van der Waals surface area contributed by atoms with E-state index in [1.54, 1.807) is 0 Å². The van der Waals surface area contributed by atoms with Crippen LogP contribution < -0.4 is 4.72 Å². The van der Waals surface area contributed by atoms with Gasteiger partial charge in [-0.3, -0.25) is 4.79 Å². The van der Waals surface area contributed by atoms with Crippen molar-refractivity contribution in [2.24, 2.45) is 0 Å². The summed E-state index contributed by atoms with van der Waals surface area (Å²) in [7, 11) is -7.58. The third kappa shape index (κ3) is 4.13. The molecule has 33 heavy (non-hydrogen) atoms. The Kier molecular flexibility index (Phi) is 7.43. The second-order valence-corrected chi connectivity index (χ2v) is 7.49. The molecule has 0 unspecified atom stereocenters. The van der Waals surface area contributed by atoms with Gasteiger partial charge in [0.1, 0.15) is 6.54 Å². The molecule has 0 amide bonds. The zero-order valence-electron chi connectivity index (χ0n) is 14.2. The molecular formula is C10H4F17NO4S. The summed E-state index contributed by atoms with van der Waals surface area (Å²) in [5.74, 6) is -54.7. The minimum absolute atomic E-state index is 0.0985. The molecule has 0 fully saturated rings. The zero-order valence-corrected chi connectivity index (χ0v) is 15.0. The highest BCUT2D eigenvalue weighted by atomic mass is 32.2. The first-order valence-electron chi connectivity index (χ1n) is 6.84. The summed E-state index contributed by atoms with van der Waals surface area (Å²) >= 11 is 0. The topological polar surface area (TPSA) is 83.5 Å². The smallest absolute Gasteiger partial charge is 0.460 e. The summed E-state index contributed by atoms with van der Waals surface area (Å²) in [5, 5.41) is 0.222. The Balaban J connectivity index is 6.86. The fourth-order valence-corrected chi connectivity index (χ4v) is 2.53. The number of aliphatic carboxylic acids is 1. The summed E-state index contributed by atoms with van der Waals surface area (Å²) in [4.78, 5) is 10.0. The lowest BCUT2D eigenvalue weighted by atomic mass is 9.91. The normalized spacial score (nSPS) is 16.2. The van der Waals surface area contributed by atoms with Crippen molar-refractivity contribution in [3.8, 4) is 0 Å². The molecule has 5 nitrogen and oxygen atoms in total. The highest BCUT2D eigenvalue weighted by Gasteiger charge is 2.96. The Morgan fingerprint density at radius 3 is 1.12 bits per heavy atom. The van der Waals surface area contributed by atoms with Crippen LogP contribution in [0.4, 0.5) is 74.6 Å². The maximum Gasteiger partial charge on any atom is 0.460 e. The van der Waals surface area contributed by atoms with Crippen LogP contribution in [0.15, 0.2) is 0 Å². The van der Waals surface area contributed by atoms with E-state index in [4.69, 9.17) is 5.11 Å². The largest absolute Gasteiger partial charge is 0.480 e. The first-order chi connectivity index (χ1) is 13.9. The number of hydrogen-bond acceptors (Lipinski definition) is 3. The maximum atomic E-state index is 13.4. The van der Waals surface area contributed by atoms with Gasteiger partial charge >= 0.3 is 52.9 Å². The molecule has 0 spiro atoms. The molecule has 0 atom stereocenters. The van der Waals surface area contributed by atoms with Gasteiger partial charge in [-0.15, -0.1) is 0 Å². The molecular weight excluding hydrogens is 553 g/mol. The van der Waals surface area contributed by atoms with E-state index < -0.39 is 69.5 Å². The van der Waals surface area contributed by atoms with Crippen LogP contribution in [0.2, 0.25) is 0 Å². The minimum atomic E-state index is -8.94. The lowest BCUT2D eigenvalue weighted by molar-refractivity contribution is -0.458. The van der Waals surface area contributed by atoms with E-state index in [1.165, 1.54) is 0 Å². The van der Waals surface area contributed by atoms with Crippen LogP contribution >= 0.6 is 0 Å². The van der Waals surface area contributed by atoms with Crippen molar-refractivity contribution in [2.45, 2.75) is 47.0 Å². The van der Waals surface area contributed by atoms with Crippen LogP contribution in [0, 0.1) is 0 Å². The monoisotopic (exact) mass is 557 g/mol. The summed E-state index contributed by atoms with van der Waals surface area (Å²) in [5.41, 5.74) is 0. The molecule has 0 bridgehead atoms. The van der Waals surface area contributed by atoms with Crippen LogP contribution in [0.5, 0.6) is 0 Å². The number of carbonyl (C=O) groups is 1. The Labute approximate surface area is 168 Å². The number of rotatable bonds is 10. The van der Waals surface area contributed by atoms with Gasteiger partial charge in [0.2, 0.25) is 0 Å². The fraction of sp³-hybridized carbons (Fsp3) is 0.900. The number of halogens is 17. The van der Waals surface area contributed by atoms with Gasteiger partial charge in [0, 0.05) is 0 Å². The third-order valence-corrected chi connectivity index (χ3v) is 4.90. The van der Waals surface area contributed by atoms with Crippen LogP contribution in [-0.2, 0) is 14.8 Å². The molecule has 0 rings (SSSR count). The number of hydrogen-bond donors (Lipinski definition) is 2. The lowest BCUT2D eigenvalue weighted by Gasteiger charge is -2.42. The van der Waals surface area contributed by atoms with E-state index >= 15 is 0 Å². The molecule has 0 saturated heterocycles. The van der Waals surface area contributed by atoms with Crippen molar-refractivity contribution in [1.29, 1.82) is 0 Å². The van der Waals surface area contributed by atoms with Gasteiger partial charge < -0.3 is 5.11 Å². The first-order valence-corrected chi connectivity index (χ1v) is 8.32. The van der Waals surface area contributed by atoms with Crippen molar-refractivity contribution in [1.82, 2.24) is 4.72 Å². The SMILES string of the molecule is O=C(O)CNS(=O)(=O)C(F)(F)C(F)(F)C(F)(F)C(F)(F)C(F)(F)C(F)(F)C(F)(F)C(F)(F)F.